The maximum absolute atomic E-state index is 13.4. The fraction of sp³-hybridized carbons (Fsp3) is 0.189. The minimum atomic E-state index is -3.81. The van der Waals surface area contributed by atoms with Gasteiger partial charge in [0.1, 0.15) is 11.8 Å². The van der Waals surface area contributed by atoms with Crippen molar-refractivity contribution in [3.8, 4) is 16.9 Å². The monoisotopic (exact) mass is 676 g/mol. The zero-order valence-electron chi connectivity index (χ0n) is 26.3. The molecule has 2 aliphatic heterocycles. The minimum Gasteiger partial charge on any atom is -0.483 e. The molecule has 1 atom stereocenters. The fourth-order valence-electron chi connectivity index (χ4n) is 6.51. The molecule has 3 heterocycles. The summed E-state index contributed by atoms with van der Waals surface area (Å²) in [4.78, 5) is 52.2. The summed E-state index contributed by atoms with van der Waals surface area (Å²) >= 11 is 0. The Bertz CT molecular complexity index is 2230. The van der Waals surface area contributed by atoms with Crippen LogP contribution in [0.5, 0.6) is 5.75 Å². The van der Waals surface area contributed by atoms with Gasteiger partial charge in [-0.2, -0.15) is 0 Å². The standard InChI is InChI=1S/C37H32N4O7S/c42-34-18-17-32(36(44)39-34)40-22-30-27(13-8-14-29(30)37(40)45)28-12-5-7-16-33(28)48-23-35(43)38-20-19-24-21-41(31-15-6-4-11-26(24)31)49(46,47)25-9-2-1-3-10-25/h1-16,21,32H,17-20,22-23H2,(H,38,43)(H,39,42,44). The Labute approximate surface area is 282 Å². The van der Waals surface area contributed by atoms with Crippen LogP contribution in [0.4, 0.5) is 0 Å². The molecule has 4 amide bonds. The van der Waals surface area contributed by atoms with Crippen LogP contribution in [0, 0.1) is 0 Å². The molecule has 2 aliphatic rings. The molecule has 1 aromatic heterocycles. The Kier molecular flexibility index (Phi) is 8.47. The van der Waals surface area contributed by atoms with Crippen molar-refractivity contribution < 1.29 is 32.3 Å². The second-order valence-corrected chi connectivity index (χ2v) is 13.7. The first-order chi connectivity index (χ1) is 23.7. The molecule has 7 rings (SSSR count). The molecule has 0 radical (unpaired) electrons. The maximum Gasteiger partial charge on any atom is 0.268 e. The summed E-state index contributed by atoms with van der Waals surface area (Å²) in [6.45, 7) is 0.194. The molecule has 49 heavy (non-hydrogen) atoms. The molecule has 1 saturated heterocycles. The summed E-state index contributed by atoms with van der Waals surface area (Å²) in [6, 6.07) is 27.4. The van der Waals surface area contributed by atoms with Gasteiger partial charge in [0, 0.05) is 42.2 Å². The van der Waals surface area contributed by atoms with E-state index in [-0.39, 0.29) is 55.2 Å². The van der Waals surface area contributed by atoms with Gasteiger partial charge in [0.15, 0.2) is 6.61 Å². The lowest BCUT2D eigenvalue weighted by Crippen LogP contribution is -2.52. The predicted octanol–water partition coefficient (Wildman–Crippen LogP) is 4.04. The molecule has 5 aromatic rings. The third-order valence-electron chi connectivity index (χ3n) is 8.90. The average Bonchev–Trinajstić information content (AvgIpc) is 3.66. The van der Waals surface area contributed by atoms with E-state index in [1.165, 1.54) is 8.87 Å². The van der Waals surface area contributed by atoms with Crippen LogP contribution in [0.25, 0.3) is 22.0 Å². The molecule has 11 nitrogen and oxygen atoms in total. The number of carbonyl (C=O) groups is 4. The molecule has 4 aromatic carbocycles. The quantitative estimate of drug-likeness (QED) is 0.213. The Hall–Kier alpha value is -5.75. The average molecular weight is 677 g/mol. The molecule has 0 bridgehead atoms. The van der Waals surface area contributed by atoms with Crippen molar-refractivity contribution in [1.29, 1.82) is 0 Å². The number of aromatic nitrogens is 1. The number of piperidine rings is 1. The first-order valence-corrected chi connectivity index (χ1v) is 17.3. The first kappa shape index (κ1) is 31.8. The number of imide groups is 1. The lowest BCUT2D eigenvalue weighted by molar-refractivity contribution is -0.137. The van der Waals surface area contributed by atoms with E-state index in [0.717, 1.165) is 22.1 Å². The number of hydrogen-bond donors (Lipinski definition) is 2. The van der Waals surface area contributed by atoms with Gasteiger partial charge in [-0.1, -0.05) is 66.7 Å². The predicted molar refractivity (Wildman–Crippen MR) is 181 cm³/mol. The van der Waals surface area contributed by atoms with Crippen LogP contribution in [0.1, 0.15) is 34.3 Å². The summed E-state index contributed by atoms with van der Waals surface area (Å²) in [7, 11) is -3.81. The van der Waals surface area contributed by atoms with Gasteiger partial charge in [-0.3, -0.25) is 24.5 Å². The number of nitrogens with one attached hydrogen (secondary N) is 2. The highest BCUT2D eigenvalue weighted by atomic mass is 32.2. The Morgan fingerprint density at radius 1 is 0.857 bits per heavy atom. The van der Waals surface area contributed by atoms with Crippen LogP contribution in [-0.4, -0.2) is 60.1 Å². The molecule has 2 N–H and O–H groups in total. The van der Waals surface area contributed by atoms with Crippen LogP contribution in [-0.2, 0) is 37.4 Å². The van der Waals surface area contributed by atoms with E-state index in [1.54, 1.807) is 72.9 Å². The largest absolute Gasteiger partial charge is 0.483 e. The van der Waals surface area contributed by atoms with Crippen LogP contribution in [0.15, 0.2) is 108 Å². The van der Waals surface area contributed by atoms with E-state index in [9.17, 15) is 27.6 Å². The van der Waals surface area contributed by atoms with Gasteiger partial charge in [-0.05, 0) is 59.9 Å². The Balaban J connectivity index is 1.02. The highest BCUT2D eigenvalue weighted by Gasteiger charge is 2.40. The van der Waals surface area contributed by atoms with E-state index in [2.05, 4.69) is 10.6 Å². The lowest BCUT2D eigenvalue weighted by atomic mass is 9.96. The number of ether oxygens (including phenoxy) is 1. The third-order valence-corrected chi connectivity index (χ3v) is 10.6. The summed E-state index contributed by atoms with van der Waals surface area (Å²) in [5.41, 5.74) is 4.00. The molecular formula is C37H32N4O7S. The number of benzene rings is 4. The third kappa shape index (κ3) is 6.06. The van der Waals surface area contributed by atoms with Gasteiger partial charge in [0.25, 0.3) is 21.8 Å². The summed E-state index contributed by atoms with van der Waals surface area (Å²) < 4.78 is 34.1. The van der Waals surface area contributed by atoms with E-state index in [1.807, 2.05) is 30.3 Å². The smallest absolute Gasteiger partial charge is 0.268 e. The second kappa shape index (κ2) is 13.0. The fourth-order valence-corrected chi connectivity index (χ4v) is 7.92. The van der Waals surface area contributed by atoms with Crippen molar-refractivity contribution >= 4 is 44.6 Å². The molecule has 0 spiro atoms. The topological polar surface area (TPSA) is 144 Å². The number of rotatable bonds is 10. The maximum atomic E-state index is 13.4. The first-order valence-electron chi connectivity index (χ1n) is 15.9. The van der Waals surface area contributed by atoms with Gasteiger partial charge < -0.3 is 15.0 Å². The van der Waals surface area contributed by atoms with Crippen LogP contribution >= 0.6 is 0 Å². The van der Waals surface area contributed by atoms with E-state index in [4.69, 9.17) is 4.74 Å². The zero-order chi connectivity index (χ0) is 34.1. The van der Waals surface area contributed by atoms with Crippen molar-refractivity contribution in [1.82, 2.24) is 19.5 Å². The number of amides is 4. The molecule has 1 fully saturated rings. The number of hydrogen-bond acceptors (Lipinski definition) is 7. The highest BCUT2D eigenvalue weighted by Crippen LogP contribution is 2.38. The van der Waals surface area contributed by atoms with Crippen molar-refractivity contribution in [3.63, 3.8) is 0 Å². The molecule has 0 saturated carbocycles. The van der Waals surface area contributed by atoms with E-state index < -0.39 is 22.0 Å². The van der Waals surface area contributed by atoms with Gasteiger partial charge in [0.2, 0.25) is 11.8 Å². The van der Waals surface area contributed by atoms with Gasteiger partial charge in [0.05, 0.1) is 10.4 Å². The normalized spacial score (nSPS) is 16.0. The summed E-state index contributed by atoms with van der Waals surface area (Å²) in [5, 5.41) is 5.98. The number of carbonyl (C=O) groups excluding carboxylic acids is 4. The van der Waals surface area contributed by atoms with Crippen molar-refractivity contribution in [2.24, 2.45) is 0 Å². The summed E-state index contributed by atoms with van der Waals surface area (Å²) in [5.74, 6) is -0.996. The number of para-hydroxylation sites is 2. The Morgan fingerprint density at radius 2 is 1.57 bits per heavy atom. The second-order valence-electron chi connectivity index (χ2n) is 11.9. The van der Waals surface area contributed by atoms with Crippen molar-refractivity contribution in [3.05, 3.63) is 120 Å². The SMILES string of the molecule is O=C(COc1ccccc1-c1cccc2c1CN(C1CCC(=O)NC1=O)C2=O)NCCc1cn(S(=O)(=O)c2ccccc2)c2ccccc12. The number of fused-ring (bicyclic) bond motifs is 2. The van der Waals surface area contributed by atoms with Crippen LogP contribution < -0.4 is 15.4 Å². The van der Waals surface area contributed by atoms with Crippen molar-refractivity contribution in [2.75, 3.05) is 13.2 Å². The van der Waals surface area contributed by atoms with Crippen LogP contribution in [0.2, 0.25) is 0 Å². The van der Waals surface area contributed by atoms with Gasteiger partial charge >= 0.3 is 0 Å². The van der Waals surface area contributed by atoms with Gasteiger partial charge in [-0.15, -0.1) is 0 Å². The highest BCUT2D eigenvalue weighted by molar-refractivity contribution is 7.90. The summed E-state index contributed by atoms with van der Waals surface area (Å²) in [6.07, 6.45) is 2.44. The van der Waals surface area contributed by atoms with Crippen molar-refractivity contribution in [2.45, 2.75) is 36.7 Å². The number of nitrogens with zero attached hydrogens (tertiary/aromatic N) is 2. The van der Waals surface area contributed by atoms with Crippen LogP contribution in [0.3, 0.4) is 0 Å². The zero-order valence-corrected chi connectivity index (χ0v) is 27.1. The molecule has 1 unspecified atom stereocenters. The lowest BCUT2D eigenvalue weighted by Gasteiger charge is -2.29. The molecule has 0 aliphatic carbocycles. The van der Waals surface area contributed by atoms with E-state index >= 15 is 0 Å². The van der Waals surface area contributed by atoms with E-state index in [0.29, 0.717) is 28.8 Å². The Morgan fingerprint density at radius 3 is 2.39 bits per heavy atom. The molecular weight excluding hydrogens is 644 g/mol. The molecule has 12 heteroatoms. The minimum absolute atomic E-state index is 0.168. The molecule has 248 valence electrons. The van der Waals surface area contributed by atoms with Gasteiger partial charge in [-0.25, -0.2) is 12.4 Å².